The Hall–Kier alpha value is -1.12. The smallest absolute Gasteiger partial charge is 0.337 e. The maximum Gasteiger partial charge on any atom is 0.337 e. The summed E-state index contributed by atoms with van der Waals surface area (Å²) in [6.07, 6.45) is 2.12. The maximum atomic E-state index is 10.5. The molecule has 0 atom stereocenters. The summed E-state index contributed by atoms with van der Waals surface area (Å²) in [4.78, 5) is 14.2. The molecular weight excluding hydrogens is 142 g/mol. The lowest BCUT2D eigenvalue weighted by Crippen LogP contribution is -2.04. The standard InChI is InChI=1S/C8H13NO2/c1-4-6(2)7(5-9-3)8(10)11/h5H,4H2,1-3H3,(H,10,11)/b7-6+,9-5?. The average molecular weight is 155 g/mol. The summed E-state index contributed by atoms with van der Waals surface area (Å²) >= 11 is 0. The molecule has 0 aromatic carbocycles. The van der Waals surface area contributed by atoms with Gasteiger partial charge in [-0.1, -0.05) is 12.5 Å². The Morgan fingerprint density at radius 2 is 2.18 bits per heavy atom. The third kappa shape index (κ3) is 2.98. The number of aliphatic imine (C=N–C) groups is 1. The second-order valence-corrected chi connectivity index (χ2v) is 2.24. The molecule has 0 rings (SSSR count). The molecule has 0 aliphatic rings. The molecule has 0 fully saturated rings. The van der Waals surface area contributed by atoms with Crippen molar-refractivity contribution in [2.45, 2.75) is 20.3 Å². The molecule has 0 radical (unpaired) electrons. The Morgan fingerprint density at radius 3 is 2.45 bits per heavy atom. The van der Waals surface area contributed by atoms with Gasteiger partial charge in [0.05, 0.1) is 5.57 Å². The Kier molecular flexibility index (Phi) is 4.18. The third-order valence-electron chi connectivity index (χ3n) is 1.48. The molecule has 3 nitrogen and oxygen atoms in total. The van der Waals surface area contributed by atoms with Gasteiger partial charge in [0, 0.05) is 13.3 Å². The summed E-state index contributed by atoms with van der Waals surface area (Å²) in [5.41, 5.74) is 1.15. The van der Waals surface area contributed by atoms with Gasteiger partial charge in [-0.25, -0.2) is 4.79 Å². The minimum atomic E-state index is -0.907. The van der Waals surface area contributed by atoms with E-state index in [9.17, 15) is 4.79 Å². The molecular formula is C8H13NO2. The van der Waals surface area contributed by atoms with Crippen molar-refractivity contribution >= 4 is 12.2 Å². The first-order chi connectivity index (χ1) is 5.13. The largest absolute Gasteiger partial charge is 0.478 e. The number of hydrogen-bond donors (Lipinski definition) is 1. The molecule has 0 amide bonds. The molecule has 0 aromatic rings. The van der Waals surface area contributed by atoms with Gasteiger partial charge in [0.25, 0.3) is 0 Å². The summed E-state index contributed by atoms with van der Waals surface area (Å²) in [7, 11) is 1.56. The second kappa shape index (κ2) is 4.66. The van der Waals surface area contributed by atoms with Crippen molar-refractivity contribution in [3.8, 4) is 0 Å². The summed E-state index contributed by atoms with van der Waals surface area (Å²) < 4.78 is 0. The number of allylic oxidation sites excluding steroid dienone is 1. The fourth-order valence-corrected chi connectivity index (χ4v) is 0.668. The van der Waals surface area contributed by atoms with Crippen molar-refractivity contribution in [3.05, 3.63) is 11.1 Å². The van der Waals surface area contributed by atoms with E-state index in [4.69, 9.17) is 5.11 Å². The van der Waals surface area contributed by atoms with Crippen LogP contribution in [0.25, 0.3) is 0 Å². The van der Waals surface area contributed by atoms with E-state index in [0.717, 1.165) is 12.0 Å². The van der Waals surface area contributed by atoms with E-state index in [1.165, 1.54) is 6.21 Å². The second-order valence-electron chi connectivity index (χ2n) is 2.24. The number of aliphatic carboxylic acids is 1. The molecule has 1 N–H and O–H groups in total. The molecule has 62 valence electrons. The predicted octanol–water partition coefficient (Wildman–Crippen LogP) is 1.50. The lowest BCUT2D eigenvalue weighted by atomic mass is 10.1. The molecule has 0 saturated heterocycles. The minimum Gasteiger partial charge on any atom is -0.478 e. The first-order valence-corrected chi connectivity index (χ1v) is 3.48. The predicted molar refractivity (Wildman–Crippen MR) is 45.0 cm³/mol. The van der Waals surface area contributed by atoms with Crippen LogP contribution in [0.15, 0.2) is 16.1 Å². The highest BCUT2D eigenvalue weighted by molar-refractivity contribution is 6.09. The maximum absolute atomic E-state index is 10.5. The summed E-state index contributed by atoms with van der Waals surface area (Å²) in [5, 5.41) is 8.66. The molecule has 0 unspecified atom stereocenters. The van der Waals surface area contributed by atoms with Crippen LogP contribution < -0.4 is 0 Å². The van der Waals surface area contributed by atoms with Crippen molar-refractivity contribution in [1.82, 2.24) is 0 Å². The van der Waals surface area contributed by atoms with Crippen LogP contribution in [0.3, 0.4) is 0 Å². The third-order valence-corrected chi connectivity index (χ3v) is 1.48. The van der Waals surface area contributed by atoms with E-state index in [1.807, 2.05) is 6.92 Å². The fraction of sp³-hybridized carbons (Fsp3) is 0.500. The van der Waals surface area contributed by atoms with Gasteiger partial charge >= 0.3 is 5.97 Å². The van der Waals surface area contributed by atoms with Crippen LogP contribution in [-0.4, -0.2) is 24.3 Å². The van der Waals surface area contributed by atoms with Crippen LogP contribution in [-0.2, 0) is 4.79 Å². The quantitative estimate of drug-likeness (QED) is 0.496. The Labute approximate surface area is 66.5 Å². The zero-order valence-electron chi connectivity index (χ0n) is 7.09. The lowest BCUT2D eigenvalue weighted by molar-refractivity contribution is -0.132. The number of nitrogens with zero attached hydrogens (tertiary/aromatic N) is 1. The Balaban J connectivity index is 4.72. The van der Waals surface area contributed by atoms with Crippen molar-refractivity contribution in [3.63, 3.8) is 0 Å². The SMILES string of the molecule is CC/C(C)=C(\C=NC)C(=O)O. The fourth-order valence-electron chi connectivity index (χ4n) is 0.668. The molecule has 11 heavy (non-hydrogen) atoms. The van der Waals surface area contributed by atoms with Gasteiger partial charge in [0.15, 0.2) is 0 Å². The topological polar surface area (TPSA) is 49.7 Å². The van der Waals surface area contributed by atoms with Gasteiger partial charge in [-0.05, 0) is 13.3 Å². The van der Waals surface area contributed by atoms with E-state index in [0.29, 0.717) is 5.57 Å². The average Bonchev–Trinajstić information content (AvgIpc) is 1.98. The number of carboxylic acid groups (broad SMARTS) is 1. The molecule has 0 aliphatic carbocycles. The molecule has 0 spiro atoms. The number of carbonyl (C=O) groups is 1. The van der Waals surface area contributed by atoms with Crippen LogP contribution >= 0.6 is 0 Å². The molecule has 0 aliphatic heterocycles. The Morgan fingerprint density at radius 1 is 1.64 bits per heavy atom. The van der Waals surface area contributed by atoms with Crippen molar-refractivity contribution in [1.29, 1.82) is 0 Å². The highest BCUT2D eigenvalue weighted by Crippen LogP contribution is 2.05. The zero-order valence-corrected chi connectivity index (χ0v) is 7.09. The van der Waals surface area contributed by atoms with E-state index in [2.05, 4.69) is 4.99 Å². The molecule has 0 heterocycles. The number of hydrogen-bond acceptors (Lipinski definition) is 2. The van der Waals surface area contributed by atoms with E-state index < -0.39 is 5.97 Å². The van der Waals surface area contributed by atoms with Crippen LogP contribution in [0.1, 0.15) is 20.3 Å². The number of carboxylic acids is 1. The van der Waals surface area contributed by atoms with Gasteiger partial charge < -0.3 is 5.11 Å². The highest BCUT2D eigenvalue weighted by Gasteiger charge is 2.06. The molecule has 3 heteroatoms. The van der Waals surface area contributed by atoms with E-state index in [1.54, 1.807) is 14.0 Å². The normalized spacial score (nSPS) is 13.4. The molecule has 0 aromatic heterocycles. The van der Waals surface area contributed by atoms with Crippen LogP contribution in [0.4, 0.5) is 0 Å². The molecule has 0 bridgehead atoms. The van der Waals surface area contributed by atoms with Crippen molar-refractivity contribution in [2.75, 3.05) is 7.05 Å². The van der Waals surface area contributed by atoms with Crippen LogP contribution in [0.5, 0.6) is 0 Å². The van der Waals surface area contributed by atoms with E-state index >= 15 is 0 Å². The number of rotatable bonds is 3. The first-order valence-electron chi connectivity index (χ1n) is 3.48. The van der Waals surface area contributed by atoms with Gasteiger partial charge in [0.2, 0.25) is 0 Å². The van der Waals surface area contributed by atoms with Crippen molar-refractivity contribution < 1.29 is 9.90 Å². The van der Waals surface area contributed by atoms with Gasteiger partial charge in [0.1, 0.15) is 0 Å². The summed E-state index contributed by atoms with van der Waals surface area (Å²) in [5.74, 6) is -0.907. The van der Waals surface area contributed by atoms with Crippen LogP contribution in [0.2, 0.25) is 0 Å². The molecule has 0 saturated carbocycles. The zero-order chi connectivity index (χ0) is 8.85. The summed E-state index contributed by atoms with van der Waals surface area (Å²) in [6, 6.07) is 0. The Bertz CT molecular complexity index is 204. The highest BCUT2D eigenvalue weighted by atomic mass is 16.4. The minimum absolute atomic E-state index is 0.301. The first kappa shape index (κ1) is 9.88. The van der Waals surface area contributed by atoms with Gasteiger partial charge in [-0.2, -0.15) is 0 Å². The van der Waals surface area contributed by atoms with Gasteiger partial charge in [-0.3, -0.25) is 4.99 Å². The lowest BCUT2D eigenvalue weighted by Gasteiger charge is -1.98. The van der Waals surface area contributed by atoms with Crippen molar-refractivity contribution in [2.24, 2.45) is 4.99 Å². The summed E-state index contributed by atoms with van der Waals surface area (Å²) in [6.45, 7) is 3.72. The monoisotopic (exact) mass is 155 g/mol. The van der Waals surface area contributed by atoms with Crippen LogP contribution in [0, 0.1) is 0 Å². The van der Waals surface area contributed by atoms with E-state index in [-0.39, 0.29) is 0 Å². The van der Waals surface area contributed by atoms with Gasteiger partial charge in [-0.15, -0.1) is 0 Å².